The van der Waals surface area contributed by atoms with E-state index in [9.17, 15) is 20.1 Å². The first-order valence-corrected chi connectivity index (χ1v) is 6.89. The van der Waals surface area contributed by atoms with Gasteiger partial charge < -0.3 is 29.2 Å². The summed E-state index contributed by atoms with van der Waals surface area (Å²) in [5, 5.41) is 29.6. The molecular weight excluding hydrogens is 316 g/mol. The fourth-order valence-corrected chi connectivity index (χ4v) is 2.43. The molecule has 0 fully saturated rings. The highest BCUT2D eigenvalue weighted by Gasteiger charge is 2.18. The molecule has 3 aromatic rings. The smallest absolute Gasteiger partial charge is 0.197 e. The van der Waals surface area contributed by atoms with Crippen LogP contribution in [0.1, 0.15) is 0 Å². The molecule has 0 aliphatic carbocycles. The summed E-state index contributed by atoms with van der Waals surface area (Å²) in [7, 11) is 2.83. The zero-order valence-electron chi connectivity index (χ0n) is 12.9. The van der Waals surface area contributed by atoms with E-state index in [1.165, 1.54) is 32.4 Å². The molecule has 0 saturated carbocycles. The third-order valence-electron chi connectivity index (χ3n) is 3.56. The molecule has 0 aliphatic rings. The molecule has 0 spiro atoms. The molecule has 0 atom stereocenters. The van der Waals surface area contributed by atoms with Crippen molar-refractivity contribution < 1.29 is 29.2 Å². The summed E-state index contributed by atoms with van der Waals surface area (Å²) in [6.45, 7) is 0. The normalized spacial score (nSPS) is 10.8. The van der Waals surface area contributed by atoms with Gasteiger partial charge in [0, 0.05) is 24.3 Å². The zero-order valence-corrected chi connectivity index (χ0v) is 12.9. The minimum atomic E-state index is -0.523. The van der Waals surface area contributed by atoms with E-state index in [4.69, 9.17) is 13.9 Å². The molecule has 24 heavy (non-hydrogen) atoms. The largest absolute Gasteiger partial charge is 0.508 e. The number of benzene rings is 2. The maximum atomic E-state index is 12.3. The van der Waals surface area contributed by atoms with Crippen LogP contribution in [-0.2, 0) is 0 Å². The first kappa shape index (κ1) is 15.5. The molecule has 7 nitrogen and oxygen atoms in total. The zero-order chi connectivity index (χ0) is 17.4. The van der Waals surface area contributed by atoms with Crippen LogP contribution in [0.25, 0.3) is 22.3 Å². The van der Waals surface area contributed by atoms with Gasteiger partial charge in [-0.1, -0.05) is 0 Å². The van der Waals surface area contributed by atoms with Gasteiger partial charge in [0.2, 0.25) is 0 Å². The Labute approximate surface area is 135 Å². The molecule has 0 aliphatic heterocycles. The van der Waals surface area contributed by atoms with E-state index in [0.29, 0.717) is 5.75 Å². The molecule has 3 rings (SSSR count). The van der Waals surface area contributed by atoms with Crippen molar-refractivity contribution in [3.8, 4) is 40.1 Å². The highest BCUT2D eigenvalue weighted by molar-refractivity contribution is 5.86. The maximum absolute atomic E-state index is 12.3. The summed E-state index contributed by atoms with van der Waals surface area (Å²) >= 11 is 0. The molecule has 3 N–H and O–H groups in total. The summed E-state index contributed by atoms with van der Waals surface area (Å²) in [6.07, 6.45) is 0. The Morgan fingerprint density at radius 3 is 2.38 bits per heavy atom. The number of methoxy groups -OCH3 is 2. The van der Waals surface area contributed by atoms with E-state index in [1.54, 1.807) is 0 Å². The molecule has 124 valence electrons. The minimum Gasteiger partial charge on any atom is -0.508 e. The highest BCUT2D eigenvalue weighted by Crippen LogP contribution is 2.41. The van der Waals surface area contributed by atoms with Crippen molar-refractivity contribution in [2.24, 2.45) is 0 Å². The summed E-state index contributed by atoms with van der Waals surface area (Å²) in [5.41, 5.74) is -0.367. The van der Waals surface area contributed by atoms with E-state index < -0.39 is 11.2 Å². The van der Waals surface area contributed by atoms with Crippen LogP contribution in [0.15, 0.2) is 39.5 Å². The molecule has 0 radical (unpaired) electrons. The quantitative estimate of drug-likeness (QED) is 0.677. The van der Waals surface area contributed by atoms with Gasteiger partial charge in [-0.15, -0.1) is 0 Å². The highest BCUT2D eigenvalue weighted by atomic mass is 16.5. The van der Waals surface area contributed by atoms with Gasteiger partial charge in [-0.25, -0.2) is 0 Å². The molecule has 1 aromatic heterocycles. The number of phenolic OH excluding ortho intramolecular Hbond substituents is 3. The Bertz CT molecular complexity index is 988. The number of hydrogen-bond donors (Lipinski definition) is 3. The number of hydrogen-bond acceptors (Lipinski definition) is 7. The average molecular weight is 330 g/mol. The van der Waals surface area contributed by atoms with Crippen LogP contribution in [0.5, 0.6) is 28.7 Å². The number of rotatable bonds is 3. The number of fused-ring (bicyclic) bond motifs is 1. The SMILES string of the molecule is COc1cc(OC)c(O)c(-c2cc(=O)c3c(O)cc(O)cc3o2)c1. The fourth-order valence-electron chi connectivity index (χ4n) is 2.43. The second-order valence-corrected chi connectivity index (χ2v) is 5.04. The number of ether oxygens (including phenoxy) is 2. The summed E-state index contributed by atoms with van der Waals surface area (Å²) in [4.78, 5) is 12.3. The molecule has 0 amide bonds. The third-order valence-corrected chi connectivity index (χ3v) is 3.56. The first-order chi connectivity index (χ1) is 11.4. The summed E-state index contributed by atoms with van der Waals surface area (Å²) < 4.78 is 15.8. The fraction of sp³-hybridized carbons (Fsp3) is 0.118. The van der Waals surface area contributed by atoms with Gasteiger partial charge in [0.25, 0.3) is 0 Å². The summed E-state index contributed by atoms with van der Waals surface area (Å²) in [6, 6.07) is 6.34. The average Bonchev–Trinajstić information content (AvgIpc) is 2.53. The first-order valence-electron chi connectivity index (χ1n) is 6.89. The van der Waals surface area contributed by atoms with Crippen molar-refractivity contribution in [3.63, 3.8) is 0 Å². The van der Waals surface area contributed by atoms with Crippen LogP contribution >= 0.6 is 0 Å². The Hall–Kier alpha value is -3.35. The van der Waals surface area contributed by atoms with Crippen molar-refractivity contribution in [1.82, 2.24) is 0 Å². The lowest BCUT2D eigenvalue weighted by Crippen LogP contribution is -2.01. The number of phenols is 3. The Morgan fingerprint density at radius 2 is 1.71 bits per heavy atom. The predicted molar refractivity (Wildman–Crippen MR) is 86.0 cm³/mol. The van der Waals surface area contributed by atoms with Crippen molar-refractivity contribution in [3.05, 3.63) is 40.6 Å². The lowest BCUT2D eigenvalue weighted by Gasteiger charge is -2.11. The maximum Gasteiger partial charge on any atom is 0.197 e. The second-order valence-electron chi connectivity index (χ2n) is 5.04. The van der Waals surface area contributed by atoms with Gasteiger partial charge in [0.15, 0.2) is 16.9 Å². The lowest BCUT2D eigenvalue weighted by atomic mass is 10.1. The predicted octanol–water partition coefficient (Wildman–Crippen LogP) is 2.59. The van der Waals surface area contributed by atoms with Crippen LogP contribution in [0.4, 0.5) is 0 Å². The van der Waals surface area contributed by atoms with Crippen molar-refractivity contribution in [2.45, 2.75) is 0 Å². The van der Waals surface area contributed by atoms with Crippen LogP contribution in [0.2, 0.25) is 0 Å². The molecule has 1 heterocycles. The topological polar surface area (TPSA) is 109 Å². The van der Waals surface area contributed by atoms with Crippen molar-refractivity contribution in [1.29, 1.82) is 0 Å². The standard InChI is InChI=1S/C17H14O7/c1-22-9-5-10(17(21)15(6-9)23-2)13-7-12(20)16-11(19)3-8(18)4-14(16)24-13/h3-7,18-19,21H,1-2H3. The second kappa shape index (κ2) is 5.69. The van der Waals surface area contributed by atoms with Crippen LogP contribution in [0.3, 0.4) is 0 Å². The van der Waals surface area contributed by atoms with Gasteiger partial charge >= 0.3 is 0 Å². The van der Waals surface area contributed by atoms with E-state index in [0.717, 1.165) is 12.1 Å². The van der Waals surface area contributed by atoms with Gasteiger partial charge in [-0.2, -0.15) is 0 Å². The monoisotopic (exact) mass is 330 g/mol. The minimum absolute atomic E-state index is 0.0174. The van der Waals surface area contributed by atoms with Crippen molar-refractivity contribution in [2.75, 3.05) is 14.2 Å². The molecule has 0 saturated heterocycles. The summed E-state index contributed by atoms with van der Waals surface area (Å²) in [5.74, 6) is -0.310. The molecular formula is C17H14O7. The number of aromatic hydroxyl groups is 3. The third kappa shape index (κ3) is 2.45. The Morgan fingerprint density at radius 1 is 0.958 bits per heavy atom. The van der Waals surface area contributed by atoms with E-state index in [-0.39, 0.29) is 39.5 Å². The van der Waals surface area contributed by atoms with Crippen LogP contribution in [-0.4, -0.2) is 29.5 Å². The van der Waals surface area contributed by atoms with Crippen LogP contribution in [0, 0.1) is 0 Å². The van der Waals surface area contributed by atoms with E-state index >= 15 is 0 Å². The van der Waals surface area contributed by atoms with Gasteiger partial charge in [-0.05, 0) is 6.07 Å². The van der Waals surface area contributed by atoms with Gasteiger partial charge in [-0.3, -0.25) is 4.79 Å². The van der Waals surface area contributed by atoms with E-state index in [1.807, 2.05) is 0 Å². The van der Waals surface area contributed by atoms with Crippen LogP contribution < -0.4 is 14.9 Å². The Kier molecular flexibility index (Phi) is 3.69. The lowest BCUT2D eigenvalue weighted by molar-refractivity contribution is 0.364. The van der Waals surface area contributed by atoms with E-state index in [2.05, 4.69) is 0 Å². The molecule has 0 bridgehead atoms. The van der Waals surface area contributed by atoms with Crippen molar-refractivity contribution >= 4 is 11.0 Å². The van der Waals surface area contributed by atoms with Gasteiger partial charge in [0.05, 0.1) is 19.8 Å². The molecule has 0 unspecified atom stereocenters. The molecule has 7 heteroatoms. The van der Waals surface area contributed by atoms with Gasteiger partial charge in [0.1, 0.15) is 34.0 Å². The molecule has 2 aromatic carbocycles. The Balaban J connectivity index is 2.33.